The van der Waals surface area contributed by atoms with Gasteiger partial charge in [0.1, 0.15) is 5.75 Å². The number of aliphatic hydroxyl groups is 1. The van der Waals surface area contributed by atoms with Crippen LogP contribution < -0.4 is 4.74 Å². The Hall–Kier alpha value is -0.730. The van der Waals surface area contributed by atoms with Crippen LogP contribution in [0.1, 0.15) is 31.9 Å². The molecule has 3 heteroatoms. The molecule has 0 saturated heterocycles. The van der Waals surface area contributed by atoms with Gasteiger partial charge >= 0.3 is 0 Å². The van der Waals surface area contributed by atoms with Crippen molar-refractivity contribution in [2.24, 2.45) is 0 Å². The molecule has 0 fully saturated rings. The molecule has 0 bridgehead atoms. The van der Waals surface area contributed by atoms with E-state index < -0.39 is 5.60 Å². The van der Waals surface area contributed by atoms with E-state index in [2.05, 4.69) is 0 Å². The molecule has 0 aliphatic heterocycles. The predicted molar refractivity (Wildman–Crippen MR) is 62.6 cm³/mol. The minimum atomic E-state index is -0.944. The lowest BCUT2D eigenvalue weighted by atomic mass is 9.94. The van der Waals surface area contributed by atoms with Gasteiger partial charge in [0.15, 0.2) is 0 Å². The van der Waals surface area contributed by atoms with Crippen molar-refractivity contribution in [1.82, 2.24) is 0 Å². The largest absolute Gasteiger partial charge is 0.495 e. The summed E-state index contributed by atoms with van der Waals surface area (Å²) >= 11 is 6.08. The summed E-state index contributed by atoms with van der Waals surface area (Å²) in [7, 11) is 1.56. The van der Waals surface area contributed by atoms with Crippen LogP contribution in [-0.4, -0.2) is 12.2 Å². The quantitative estimate of drug-likeness (QED) is 0.861. The number of hydrogen-bond donors (Lipinski definition) is 1. The second kappa shape index (κ2) is 4.42. The van der Waals surface area contributed by atoms with E-state index in [0.717, 1.165) is 17.5 Å². The van der Waals surface area contributed by atoms with E-state index in [-0.39, 0.29) is 0 Å². The van der Waals surface area contributed by atoms with Crippen molar-refractivity contribution in [3.63, 3.8) is 0 Å². The van der Waals surface area contributed by atoms with E-state index in [4.69, 9.17) is 16.3 Å². The van der Waals surface area contributed by atoms with Gasteiger partial charge in [0.25, 0.3) is 0 Å². The molecule has 0 atom stereocenters. The number of halogens is 1. The van der Waals surface area contributed by atoms with Gasteiger partial charge in [-0.15, -0.1) is 0 Å². The molecule has 0 saturated carbocycles. The zero-order valence-electron chi connectivity index (χ0n) is 9.60. The lowest BCUT2D eigenvalue weighted by Gasteiger charge is -2.22. The zero-order chi connectivity index (χ0) is 11.6. The van der Waals surface area contributed by atoms with E-state index in [9.17, 15) is 5.11 Å². The fraction of sp³-hybridized carbons (Fsp3) is 0.500. The Morgan fingerprint density at radius 3 is 2.40 bits per heavy atom. The Labute approximate surface area is 95.8 Å². The standard InChI is InChI=1S/C12H17ClO2/c1-5-8-6-9(12(2,3)14)11(15-4)10(13)7-8/h6-7,14H,5H2,1-4H3. The summed E-state index contributed by atoms with van der Waals surface area (Å²) in [6, 6.07) is 3.81. The normalized spacial score (nSPS) is 11.6. The summed E-state index contributed by atoms with van der Waals surface area (Å²) in [5, 5.41) is 10.6. The molecule has 1 aromatic rings. The third-order valence-electron chi connectivity index (χ3n) is 2.37. The molecule has 0 aromatic heterocycles. The minimum absolute atomic E-state index is 0.550. The third-order valence-corrected chi connectivity index (χ3v) is 2.66. The molecular formula is C12H17ClO2. The topological polar surface area (TPSA) is 29.5 Å². The van der Waals surface area contributed by atoms with Gasteiger partial charge in [-0.2, -0.15) is 0 Å². The maximum Gasteiger partial charge on any atom is 0.143 e. The van der Waals surface area contributed by atoms with E-state index in [1.165, 1.54) is 0 Å². The molecule has 0 heterocycles. The van der Waals surface area contributed by atoms with Gasteiger partial charge in [0.05, 0.1) is 17.7 Å². The average molecular weight is 229 g/mol. The molecule has 0 aliphatic carbocycles. The molecule has 1 aromatic carbocycles. The highest BCUT2D eigenvalue weighted by Crippen LogP contribution is 2.36. The molecule has 0 radical (unpaired) electrons. The number of ether oxygens (including phenoxy) is 1. The molecule has 1 rings (SSSR count). The van der Waals surface area contributed by atoms with Gasteiger partial charge < -0.3 is 9.84 Å². The Bertz CT molecular complexity index is 353. The fourth-order valence-electron chi connectivity index (χ4n) is 1.52. The van der Waals surface area contributed by atoms with Crippen molar-refractivity contribution in [2.45, 2.75) is 32.8 Å². The third kappa shape index (κ3) is 2.64. The van der Waals surface area contributed by atoms with E-state index in [1.807, 2.05) is 19.1 Å². The molecule has 84 valence electrons. The van der Waals surface area contributed by atoms with Crippen LogP contribution in [0.15, 0.2) is 12.1 Å². The first kappa shape index (κ1) is 12.3. The van der Waals surface area contributed by atoms with Crippen LogP contribution in [0.25, 0.3) is 0 Å². The average Bonchev–Trinajstić information content (AvgIpc) is 2.15. The SMILES string of the molecule is CCc1cc(Cl)c(OC)c(C(C)(C)O)c1. The summed E-state index contributed by atoms with van der Waals surface area (Å²) in [5.74, 6) is 0.557. The maximum atomic E-state index is 10.0. The van der Waals surface area contributed by atoms with Crippen molar-refractivity contribution in [2.75, 3.05) is 7.11 Å². The Morgan fingerprint density at radius 2 is 2.00 bits per heavy atom. The van der Waals surface area contributed by atoms with E-state index in [1.54, 1.807) is 21.0 Å². The second-order valence-corrected chi connectivity index (χ2v) is 4.48. The highest BCUT2D eigenvalue weighted by Gasteiger charge is 2.23. The van der Waals surface area contributed by atoms with Crippen LogP contribution in [-0.2, 0) is 12.0 Å². The number of hydrogen-bond acceptors (Lipinski definition) is 2. The number of rotatable bonds is 3. The molecule has 0 amide bonds. The van der Waals surface area contributed by atoms with E-state index in [0.29, 0.717) is 10.8 Å². The number of aryl methyl sites for hydroxylation is 1. The van der Waals surface area contributed by atoms with Gasteiger partial charge in [-0.05, 0) is 38.0 Å². The van der Waals surface area contributed by atoms with Crippen molar-refractivity contribution >= 4 is 11.6 Å². The summed E-state index contributed by atoms with van der Waals surface area (Å²) in [6.07, 6.45) is 0.882. The lowest BCUT2D eigenvalue weighted by Crippen LogP contribution is -2.17. The Kier molecular flexibility index (Phi) is 3.63. The van der Waals surface area contributed by atoms with Gasteiger partial charge in [-0.25, -0.2) is 0 Å². The highest BCUT2D eigenvalue weighted by atomic mass is 35.5. The van der Waals surface area contributed by atoms with Crippen LogP contribution in [0.3, 0.4) is 0 Å². The highest BCUT2D eigenvalue weighted by molar-refractivity contribution is 6.32. The summed E-state index contributed by atoms with van der Waals surface area (Å²) < 4.78 is 5.21. The molecule has 0 spiro atoms. The molecule has 15 heavy (non-hydrogen) atoms. The summed E-state index contributed by atoms with van der Waals surface area (Å²) in [6.45, 7) is 5.49. The van der Waals surface area contributed by atoms with Crippen LogP contribution in [0.5, 0.6) is 5.75 Å². The van der Waals surface area contributed by atoms with Crippen molar-refractivity contribution in [3.8, 4) is 5.75 Å². The molecule has 0 aliphatic rings. The molecule has 1 N–H and O–H groups in total. The number of methoxy groups -OCH3 is 1. The van der Waals surface area contributed by atoms with Crippen molar-refractivity contribution in [3.05, 3.63) is 28.3 Å². The predicted octanol–water partition coefficient (Wildman–Crippen LogP) is 3.14. The maximum absolute atomic E-state index is 10.0. The van der Waals surface area contributed by atoms with Gasteiger partial charge in [-0.3, -0.25) is 0 Å². The second-order valence-electron chi connectivity index (χ2n) is 4.07. The minimum Gasteiger partial charge on any atom is -0.495 e. The van der Waals surface area contributed by atoms with E-state index >= 15 is 0 Å². The van der Waals surface area contributed by atoms with Crippen molar-refractivity contribution < 1.29 is 9.84 Å². The summed E-state index contributed by atoms with van der Waals surface area (Å²) in [5.41, 5.74) is 0.882. The van der Waals surface area contributed by atoms with Crippen LogP contribution >= 0.6 is 11.6 Å². The molecular weight excluding hydrogens is 212 g/mol. The van der Waals surface area contributed by atoms with Crippen molar-refractivity contribution in [1.29, 1.82) is 0 Å². The van der Waals surface area contributed by atoms with Crippen LogP contribution in [0, 0.1) is 0 Å². The van der Waals surface area contributed by atoms with Gasteiger partial charge in [-0.1, -0.05) is 18.5 Å². The summed E-state index contributed by atoms with van der Waals surface area (Å²) in [4.78, 5) is 0. The lowest BCUT2D eigenvalue weighted by molar-refractivity contribution is 0.0756. The van der Waals surface area contributed by atoms with Gasteiger partial charge in [0.2, 0.25) is 0 Å². The zero-order valence-corrected chi connectivity index (χ0v) is 10.4. The van der Waals surface area contributed by atoms with Crippen LogP contribution in [0.4, 0.5) is 0 Å². The first-order valence-electron chi connectivity index (χ1n) is 4.99. The molecule has 0 unspecified atom stereocenters. The van der Waals surface area contributed by atoms with Crippen LogP contribution in [0.2, 0.25) is 5.02 Å². The molecule has 2 nitrogen and oxygen atoms in total. The Balaban J connectivity index is 3.39. The first-order valence-corrected chi connectivity index (χ1v) is 5.37. The number of benzene rings is 1. The fourth-order valence-corrected chi connectivity index (χ4v) is 1.83. The monoisotopic (exact) mass is 228 g/mol. The van der Waals surface area contributed by atoms with Gasteiger partial charge in [0, 0.05) is 5.56 Å². The smallest absolute Gasteiger partial charge is 0.143 e. The Morgan fingerprint density at radius 1 is 1.40 bits per heavy atom. The first-order chi connectivity index (χ1) is 6.90.